The number of carbonyl (C=O) groups is 1. The van der Waals surface area contributed by atoms with Crippen LogP contribution in [0.4, 0.5) is 0 Å². The van der Waals surface area contributed by atoms with E-state index in [1.165, 1.54) is 0 Å². The fraction of sp³-hybridized carbons (Fsp3) is 0.448. The first-order chi connectivity index (χ1) is 18.6. The van der Waals surface area contributed by atoms with Crippen molar-refractivity contribution >= 4 is 5.78 Å². The van der Waals surface area contributed by atoms with Gasteiger partial charge in [-0.15, -0.1) is 10.2 Å². The van der Waals surface area contributed by atoms with Crippen LogP contribution in [0.25, 0.3) is 22.5 Å². The standard InChI is InChI=1S/C29H35N7O2/c1-3-5-9-24-19-36(27-20(4-2)8-6-7-10-26(27)37)29(38)35(24)18-23-17-30-16-15-25(23)21-11-13-22(14-12-21)28-31-33-34-32-28/h11-17,19-20,27H,3-10,18H2,1-2H3,(H,31,32,33,34). The predicted molar refractivity (Wildman–Crippen MR) is 146 cm³/mol. The van der Waals surface area contributed by atoms with Gasteiger partial charge in [-0.2, -0.15) is 5.21 Å². The van der Waals surface area contributed by atoms with E-state index < -0.39 is 0 Å². The predicted octanol–water partition coefficient (Wildman–Crippen LogP) is 4.99. The summed E-state index contributed by atoms with van der Waals surface area (Å²) in [6.45, 7) is 4.68. The number of rotatable bonds is 9. The van der Waals surface area contributed by atoms with Crippen LogP contribution in [-0.4, -0.2) is 40.5 Å². The number of H-pyrrole nitrogens is 1. The van der Waals surface area contributed by atoms with Crippen LogP contribution in [0.1, 0.15) is 76.1 Å². The van der Waals surface area contributed by atoms with E-state index in [2.05, 4.69) is 39.5 Å². The van der Waals surface area contributed by atoms with E-state index >= 15 is 0 Å². The van der Waals surface area contributed by atoms with Crippen molar-refractivity contribution in [2.75, 3.05) is 0 Å². The summed E-state index contributed by atoms with van der Waals surface area (Å²) < 4.78 is 3.61. The van der Waals surface area contributed by atoms with Crippen LogP contribution in [-0.2, 0) is 17.8 Å². The number of unbranched alkanes of at least 4 members (excludes halogenated alkanes) is 1. The average molecular weight is 514 g/mol. The molecule has 0 aliphatic heterocycles. The van der Waals surface area contributed by atoms with Gasteiger partial charge in [0.2, 0.25) is 5.82 Å². The number of Topliss-reactive ketones (excluding diaryl/α,β-unsaturated/α-hetero) is 1. The Hall–Kier alpha value is -3.88. The lowest BCUT2D eigenvalue weighted by Gasteiger charge is -2.23. The van der Waals surface area contributed by atoms with Crippen molar-refractivity contribution in [3.63, 3.8) is 0 Å². The SMILES string of the molecule is CCCCc1cn(C2C(=O)CCCCC2CC)c(=O)n1Cc1cnccc1-c1ccc(-c2nn[nH]n2)cc1. The topological polar surface area (TPSA) is 111 Å². The first kappa shape index (κ1) is 25.8. The molecule has 9 heteroatoms. The van der Waals surface area contributed by atoms with E-state index in [9.17, 15) is 9.59 Å². The Morgan fingerprint density at radius 1 is 1.05 bits per heavy atom. The fourth-order valence-corrected chi connectivity index (χ4v) is 5.65. The number of tetrazole rings is 1. The number of aryl methyl sites for hydroxylation is 1. The lowest BCUT2D eigenvalue weighted by molar-refractivity contribution is -0.123. The van der Waals surface area contributed by atoms with Gasteiger partial charge >= 0.3 is 5.69 Å². The monoisotopic (exact) mass is 513 g/mol. The van der Waals surface area contributed by atoms with Crippen LogP contribution >= 0.6 is 0 Å². The molecule has 2 atom stereocenters. The lowest BCUT2D eigenvalue weighted by Crippen LogP contribution is -2.35. The minimum absolute atomic E-state index is 0.0999. The van der Waals surface area contributed by atoms with E-state index in [1.807, 2.05) is 47.3 Å². The van der Waals surface area contributed by atoms with E-state index in [-0.39, 0.29) is 23.4 Å². The van der Waals surface area contributed by atoms with Crippen LogP contribution in [0.5, 0.6) is 0 Å². The van der Waals surface area contributed by atoms with Gasteiger partial charge < -0.3 is 0 Å². The van der Waals surface area contributed by atoms with Crippen molar-refractivity contribution in [3.05, 3.63) is 70.7 Å². The Morgan fingerprint density at radius 3 is 2.61 bits per heavy atom. The molecule has 1 fully saturated rings. The zero-order valence-electron chi connectivity index (χ0n) is 22.1. The molecular weight excluding hydrogens is 478 g/mol. The molecule has 0 spiro atoms. The normalized spacial score (nSPS) is 18.0. The molecule has 0 bridgehead atoms. The maximum absolute atomic E-state index is 13.9. The summed E-state index contributed by atoms with van der Waals surface area (Å²) in [4.78, 5) is 31.5. The highest BCUT2D eigenvalue weighted by molar-refractivity contribution is 5.83. The highest BCUT2D eigenvalue weighted by atomic mass is 16.2. The van der Waals surface area contributed by atoms with Crippen LogP contribution < -0.4 is 5.69 Å². The molecule has 1 aliphatic carbocycles. The molecule has 1 N–H and O–H groups in total. The number of benzene rings is 1. The Balaban J connectivity index is 1.52. The number of aromatic nitrogens is 7. The van der Waals surface area contributed by atoms with Crippen LogP contribution in [0, 0.1) is 5.92 Å². The van der Waals surface area contributed by atoms with Gasteiger partial charge in [0.05, 0.1) is 12.6 Å². The highest BCUT2D eigenvalue weighted by Gasteiger charge is 2.32. The summed E-state index contributed by atoms with van der Waals surface area (Å²) >= 11 is 0. The van der Waals surface area contributed by atoms with Gasteiger partial charge in [-0.05, 0) is 59.6 Å². The van der Waals surface area contributed by atoms with Crippen molar-refractivity contribution in [1.82, 2.24) is 34.7 Å². The fourth-order valence-electron chi connectivity index (χ4n) is 5.65. The second-order valence-corrected chi connectivity index (χ2v) is 10.2. The molecule has 0 radical (unpaired) electrons. The summed E-state index contributed by atoms with van der Waals surface area (Å²) in [7, 11) is 0. The number of aromatic amines is 1. The third-order valence-electron chi connectivity index (χ3n) is 7.75. The van der Waals surface area contributed by atoms with Gasteiger partial charge in [0.25, 0.3) is 0 Å². The number of ketones is 1. The van der Waals surface area contributed by atoms with E-state index in [0.717, 1.165) is 72.9 Å². The second kappa shape index (κ2) is 11.7. The maximum atomic E-state index is 13.9. The number of pyridine rings is 1. The van der Waals surface area contributed by atoms with E-state index in [0.29, 0.717) is 18.8 Å². The molecule has 1 aliphatic rings. The molecular formula is C29H35N7O2. The van der Waals surface area contributed by atoms with Crippen molar-refractivity contribution < 1.29 is 4.79 Å². The third-order valence-corrected chi connectivity index (χ3v) is 7.75. The van der Waals surface area contributed by atoms with Crippen molar-refractivity contribution in [2.24, 2.45) is 5.92 Å². The largest absolute Gasteiger partial charge is 0.329 e. The molecule has 1 aromatic carbocycles. The summed E-state index contributed by atoms with van der Waals surface area (Å²) in [6, 6.07) is 9.57. The number of imidazole rings is 1. The van der Waals surface area contributed by atoms with E-state index in [4.69, 9.17) is 0 Å². The average Bonchev–Trinajstić information content (AvgIpc) is 3.54. The van der Waals surface area contributed by atoms with Crippen molar-refractivity contribution in [3.8, 4) is 22.5 Å². The number of carbonyl (C=O) groups excluding carboxylic acids is 1. The maximum Gasteiger partial charge on any atom is 0.329 e. The Labute approximate surface area is 222 Å². The van der Waals surface area contributed by atoms with Crippen LogP contribution in [0.3, 0.4) is 0 Å². The quantitative estimate of drug-likeness (QED) is 0.316. The summed E-state index contributed by atoms with van der Waals surface area (Å²) in [5.74, 6) is 0.932. The highest BCUT2D eigenvalue weighted by Crippen LogP contribution is 2.32. The minimum Gasteiger partial charge on any atom is -0.297 e. The molecule has 38 heavy (non-hydrogen) atoms. The van der Waals surface area contributed by atoms with Crippen molar-refractivity contribution in [2.45, 2.75) is 77.8 Å². The molecule has 0 saturated heterocycles. The Kier molecular flexibility index (Phi) is 7.91. The van der Waals surface area contributed by atoms with Gasteiger partial charge in [-0.25, -0.2) is 4.79 Å². The molecule has 198 valence electrons. The van der Waals surface area contributed by atoms with Crippen LogP contribution in [0.2, 0.25) is 0 Å². The van der Waals surface area contributed by atoms with E-state index in [1.54, 1.807) is 10.8 Å². The zero-order chi connectivity index (χ0) is 26.5. The smallest absolute Gasteiger partial charge is 0.297 e. The summed E-state index contributed by atoms with van der Waals surface area (Å²) in [5, 5.41) is 14.2. The Morgan fingerprint density at radius 2 is 1.87 bits per heavy atom. The number of hydrogen-bond donors (Lipinski definition) is 1. The van der Waals surface area contributed by atoms with Gasteiger partial charge in [0.15, 0.2) is 5.78 Å². The van der Waals surface area contributed by atoms with Gasteiger partial charge in [0.1, 0.15) is 0 Å². The zero-order valence-corrected chi connectivity index (χ0v) is 22.1. The lowest BCUT2D eigenvalue weighted by atomic mass is 9.91. The third kappa shape index (κ3) is 5.23. The second-order valence-electron chi connectivity index (χ2n) is 10.2. The number of hydrogen-bond acceptors (Lipinski definition) is 6. The number of nitrogens with one attached hydrogen (secondary N) is 1. The summed E-state index contributed by atoms with van der Waals surface area (Å²) in [5.41, 5.74) is 4.73. The molecule has 1 saturated carbocycles. The Bertz CT molecular complexity index is 1420. The van der Waals surface area contributed by atoms with Gasteiger partial charge in [-0.3, -0.25) is 18.9 Å². The molecule has 9 nitrogen and oxygen atoms in total. The molecule has 3 heterocycles. The van der Waals surface area contributed by atoms with Gasteiger partial charge in [0, 0.05) is 36.3 Å². The summed E-state index contributed by atoms with van der Waals surface area (Å²) in [6.07, 6.45) is 12.8. The number of nitrogens with zero attached hydrogens (tertiary/aromatic N) is 6. The molecule has 4 aromatic rings. The van der Waals surface area contributed by atoms with Crippen molar-refractivity contribution in [1.29, 1.82) is 0 Å². The molecule has 3 aromatic heterocycles. The molecule has 2 unspecified atom stereocenters. The molecule has 5 rings (SSSR count). The van der Waals surface area contributed by atoms with Crippen LogP contribution in [0.15, 0.2) is 53.7 Å². The first-order valence-electron chi connectivity index (χ1n) is 13.7. The first-order valence-corrected chi connectivity index (χ1v) is 13.7. The molecule has 0 amide bonds. The minimum atomic E-state index is -0.373. The van der Waals surface area contributed by atoms with Gasteiger partial charge in [-0.1, -0.05) is 57.4 Å².